The molecule has 156 valence electrons. The summed E-state index contributed by atoms with van der Waals surface area (Å²) in [4.78, 5) is 28.4. The number of rotatable bonds is 5. The number of piperidine rings is 1. The predicted octanol–water partition coefficient (Wildman–Crippen LogP) is 0.441. The molecule has 1 aromatic rings. The Bertz CT molecular complexity index is 710. The highest BCUT2D eigenvalue weighted by Crippen LogP contribution is 2.31. The molecule has 2 N–H and O–H groups in total. The van der Waals surface area contributed by atoms with E-state index in [0.717, 1.165) is 36.6 Å². The maximum atomic E-state index is 13.0. The van der Waals surface area contributed by atoms with Crippen LogP contribution in [0.2, 0.25) is 0 Å². The second-order valence-corrected chi connectivity index (χ2v) is 8.54. The van der Waals surface area contributed by atoms with Gasteiger partial charge in [-0.3, -0.25) is 4.79 Å². The topological polar surface area (TPSA) is 93.0 Å². The maximum Gasteiger partial charge on any atom is 0.291 e. The first kappa shape index (κ1) is 21.0. The molecule has 1 aromatic heterocycles. The summed E-state index contributed by atoms with van der Waals surface area (Å²) >= 11 is 0. The fraction of sp³-hybridized carbons (Fsp3) is 0.750. The van der Waals surface area contributed by atoms with E-state index >= 15 is 0 Å². The van der Waals surface area contributed by atoms with Crippen molar-refractivity contribution < 1.29 is 15.0 Å². The van der Waals surface area contributed by atoms with Crippen molar-refractivity contribution in [2.24, 2.45) is 5.41 Å². The Balaban J connectivity index is 1.78. The molecule has 0 radical (unpaired) electrons. The van der Waals surface area contributed by atoms with Gasteiger partial charge in [0, 0.05) is 48.9 Å². The van der Waals surface area contributed by atoms with Gasteiger partial charge in [-0.2, -0.15) is 0 Å². The molecular weight excluding hydrogens is 358 g/mol. The standard InChI is InChI=1S/C20H33N5O3/c1-14-15(2)21-17(22-18(14)25-8-5-16(11-25)23(3)4)19(28)24-9-6-20(12-26,13-27)7-10-24/h16,26-27H,5-13H2,1-4H3/t16-/m1/s1. The number of aryl methyl sites for hydroxylation is 1. The molecule has 0 aliphatic carbocycles. The molecule has 2 fully saturated rings. The minimum atomic E-state index is -0.483. The lowest BCUT2D eigenvalue weighted by atomic mass is 9.80. The molecule has 2 aliphatic heterocycles. The van der Waals surface area contributed by atoms with E-state index in [1.54, 1.807) is 4.90 Å². The summed E-state index contributed by atoms with van der Waals surface area (Å²) in [6, 6.07) is 0.487. The fourth-order valence-electron chi connectivity index (χ4n) is 4.06. The smallest absolute Gasteiger partial charge is 0.291 e. The van der Waals surface area contributed by atoms with Crippen molar-refractivity contribution in [1.29, 1.82) is 0 Å². The number of carbonyl (C=O) groups excluding carboxylic acids is 1. The zero-order chi connectivity index (χ0) is 20.5. The van der Waals surface area contributed by atoms with Crippen LogP contribution in [0.15, 0.2) is 0 Å². The molecule has 1 amide bonds. The number of aliphatic hydroxyl groups excluding tert-OH is 2. The summed E-state index contributed by atoms with van der Waals surface area (Å²) in [5.74, 6) is 0.932. The Labute approximate surface area is 167 Å². The molecule has 2 saturated heterocycles. The number of hydrogen-bond donors (Lipinski definition) is 2. The first-order valence-corrected chi connectivity index (χ1v) is 10.1. The van der Waals surface area contributed by atoms with Gasteiger partial charge in [0.05, 0.1) is 13.2 Å². The van der Waals surface area contributed by atoms with Gasteiger partial charge in [-0.15, -0.1) is 0 Å². The Morgan fingerprint density at radius 3 is 2.32 bits per heavy atom. The third-order valence-electron chi connectivity index (χ3n) is 6.53. The number of likely N-dealkylation sites (N-methyl/N-ethyl adjacent to an activating group) is 1. The Morgan fingerprint density at radius 1 is 1.14 bits per heavy atom. The summed E-state index contributed by atoms with van der Waals surface area (Å²) in [6.07, 6.45) is 2.25. The molecule has 0 saturated carbocycles. The van der Waals surface area contributed by atoms with Crippen molar-refractivity contribution in [2.45, 2.75) is 39.2 Å². The van der Waals surface area contributed by atoms with Crippen LogP contribution >= 0.6 is 0 Å². The van der Waals surface area contributed by atoms with Crippen LogP contribution in [0.1, 0.15) is 41.1 Å². The van der Waals surface area contributed by atoms with Crippen LogP contribution < -0.4 is 4.90 Å². The number of hydrogen-bond acceptors (Lipinski definition) is 7. The monoisotopic (exact) mass is 391 g/mol. The SMILES string of the molecule is Cc1nc(C(=O)N2CCC(CO)(CO)CC2)nc(N2CC[C@@H](N(C)C)C2)c1C. The molecule has 8 nitrogen and oxygen atoms in total. The van der Waals surface area contributed by atoms with Gasteiger partial charge in [-0.25, -0.2) is 9.97 Å². The van der Waals surface area contributed by atoms with E-state index in [1.165, 1.54) is 0 Å². The molecule has 1 atom stereocenters. The normalized spacial score (nSPS) is 22.2. The van der Waals surface area contributed by atoms with Crippen LogP contribution in [0.4, 0.5) is 5.82 Å². The highest BCUT2D eigenvalue weighted by Gasteiger charge is 2.36. The predicted molar refractivity (Wildman–Crippen MR) is 108 cm³/mol. The number of aliphatic hydroxyl groups is 2. The first-order valence-electron chi connectivity index (χ1n) is 10.1. The molecule has 0 aromatic carbocycles. The number of anilines is 1. The van der Waals surface area contributed by atoms with Gasteiger partial charge in [0.25, 0.3) is 5.91 Å². The zero-order valence-electron chi connectivity index (χ0n) is 17.5. The van der Waals surface area contributed by atoms with Crippen LogP contribution in [0.3, 0.4) is 0 Å². The van der Waals surface area contributed by atoms with E-state index in [9.17, 15) is 15.0 Å². The molecule has 2 aliphatic rings. The van der Waals surface area contributed by atoms with E-state index in [4.69, 9.17) is 0 Å². The summed E-state index contributed by atoms with van der Waals surface area (Å²) in [7, 11) is 4.19. The molecule has 8 heteroatoms. The maximum absolute atomic E-state index is 13.0. The lowest BCUT2D eigenvalue weighted by molar-refractivity contribution is 0.000357. The second kappa shape index (κ2) is 8.31. The Morgan fingerprint density at radius 2 is 1.79 bits per heavy atom. The van der Waals surface area contributed by atoms with Crippen molar-refractivity contribution in [2.75, 3.05) is 58.4 Å². The van der Waals surface area contributed by atoms with E-state index in [0.29, 0.717) is 32.0 Å². The second-order valence-electron chi connectivity index (χ2n) is 8.54. The van der Waals surface area contributed by atoms with Crippen LogP contribution in [0.5, 0.6) is 0 Å². The van der Waals surface area contributed by atoms with Crippen LogP contribution in [-0.4, -0.2) is 95.4 Å². The average molecular weight is 392 g/mol. The van der Waals surface area contributed by atoms with Gasteiger partial charge in [0.1, 0.15) is 5.82 Å². The highest BCUT2D eigenvalue weighted by atomic mass is 16.3. The van der Waals surface area contributed by atoms with Gasteiger partial charge in [0.2, 0.25) is 5.82 Å². The van der Waals surface area contributed by atoms with E-state index in [1.807, 2.05) is 13.8 Å². The molecular formula is C20H33N5O3. The lowest BCUT2D eigenvalue weighted by Gasteiger charge is -2.39. The third kappa shape index (κ3) is 3.99. The molecule has 0 spiro atoms. The molecule has 0 bridgehead atoms. The van der Waals surface area contributed by atoms with Crippen molar-refractivity contribution in [3.63, 3.8) is 0 Å². The molecule has 0 unspecified atom stereocenters. The van der Waals surface area contributed by atoms with Crippen molar-refractivity contribution >= 4 is 11.7 Å². The minimum Gasteiger partial charge on any atom is -0.396 e. The number of likely N-dealkylation sites (tertiary alicyclic amines) is 1. The van der Waals surface area contributed by atoms with Gasteiger partial charge < -0.3 is 24.9 Å². The molecule has 28 heavy (non-hydrogen) atoms. The van der Waals surface area contributed by atoms with E-state index < -0.39 is 5.41 Å². The van der Waals surface area contributed by atoms with E-state index in [2.05, 4.69) is 33.9 Å². The van der Waals surface area contributed by atoms with Crippen LogP contribution in [-0.2, 0) is 0 Å². The third-order valence-corrected chi connectivity index (χ3v) is 6.53. The van der Waals surface area contributed by atoms with Gasteiger partial charge in [-0.05, 0) is 47.2 Å². The molecule has 3 heterocycles. The highest BCUT2D eigenvalue weighted by molar-refractivity contribution is 5.91. The number of carbonyl (C=O) groups is 1. The minimum absolute atomic E-state index is 0.0577. The van der Waals surface area contributed by atoms with E-state index in [-0.39, 0.29) is 24.9 Å². The average Bonchev–Trinajstić information content (AvgIpc) is 3.20. The van der Waals surface area contributed by atoms with Crippen molar-refractivity contribution in [3.8, 4) is 0 Å². The Kier molecular flexibility index (Phi) is 6.21. The lowest BCUT2D eigenvalue weighted by Crippen LogP contribution is -2.46. The number of nitrogens with zero attached hydrogens (tertiary/aromatic N) is 5. The van der Waals surface area contributed by atoms with Gasteiger partial charge in [0.15, 0.2) is 0 Å². The zero-order valence-corrected chi connectivity index (χ0v) is 17.5. The van der Waals surface area contributed by atoms with Gasteiger partial charge >= 0.3 is 0 Å². The summed E-state index contributed by atoms with van der Waals surface area (Å²) in [6.45, 7) is 6.64. The Hall–Kier alpha value is -1.77. The van der Waals surface area contributed by atoms with Crippen molar-refractivity contribution in [3.05, 3.63) is 17.1 Å². The van der Waals surface area contributed by atoms with Gasteiger partial charge in [-0.1, -0.05) is 0 Å². The quantitative estimate of drug-likeness (QED) is 0.752. The van der Waals surface area contributed by atoms with Crippen molar-refractivity contribution in [1.82, 2.24) is 19.8 Å². The largest absolute Gasteiger partial charge is 0.396 e. The fourth-order valence-corrected chi connectivity index (χ4v) is 4.06. The number of amides is 1. The summed E-state index contributed by atoms with van der Waals surface area (Å²) < 4.78 is 0. The molecule has 3 rings (SSSR count). The number of aromatic nitrogens is 2. The summed E-state index contributed by atoms with van der Waals surface area (Å²) in [5.41, 5.74) is 1.37. The first-order chi connectivity index (χ1) is 13.3. The van der Waals surface area contributed by atoms with Crippen LogP contribution in [0, 0.1) is 19.3 Å². The van der Waals surface area contributed by atoms with Crippen LogP contribution in [0.25, 0.3) is 0 Å². The summed E-state index contributed by atoms with van der Waals surface area (Å²) in [5, 5.41) is 19.1.